The van der Waals surface area contributed by atoms with E-state index in [0.29, 0.717) is 24.5 Å². The Morgan fingerprint density at radius 2 is 2.22 bits per heavy atom. The van der Waals surface area contributed by atoms with Gasteiger partial charge < -0.3 is 5.73 Å². The molecule has 0 saturated carbocycles. The summed E-state index contributed by atoms with van der Waals surface area (Å²) in [5, 5.41) is 0. The summed E-state index contributed by atoms with van der Waals surface area (Å²) < 4.78 is 14.0. The number of hydrogen-bond donors (Lipinski definition) is 1. The van der Waals surface area contributed by atoms with Crippen LogP contribution in [0.5, 0.6) is 0 Å². The normalized spacial score (nSPS) is 25.0. The zero-order chi connectivity index (χ0) is 13.3. The van der Waals surface area contributed by atoms with Crippen molar-refractivity contribution in [2.75, 3.05) is 13.1 Å². The van der Waals surface area contributed by atoms with Crippen LogP contribution < -0.4 is 5.73 Å². The second-order valence-electron chi connectivity index (χ2n) is 5.23. The first kappa shape index (κ1) is 14.0. The van der Waals surface area contributed by atoms with Crippen LogP contribution in [0.4, 0.5) is 4.39 Å². The van der Waals surface area contributed by atoms with Crippen LogP contribution in [-0.2, 0) is 0 Å². The Bertz CT molecular complexity index is 422. The van der Waals surface area contributed by atoms with Crippen LogP contribution >= 0.6 is 15.9 Å². The van der Waals surface area contributed by atoms with Gasteiger partial charge in [0.1, 0.15) is 5.82 Å². The first-order valence-corrected chi connectivity index (χ1v) is 7.24. The van der Waals surface area contributed by atoms with E-state index in [4.69, 9.17) is 5.73 Å². The molecule has 1 aromatic carbocycles. The first-order valence-electron chi connectivity index (χ1n) is 6.45. The summed E-state index contributed by atoms with van der Waals surface area (Å²) in [4.78, 5) is 2.45. The molecule has 100 valence electrons. The second-order valence-corrected chi connectivity index (χ2v) is 6.08. The maximum Gasteiger partial charge on any atom is 0.124 e. The molecule has 18 heavy (non-hydrogen) atoms. The van der Waals surface area contributed by atoms with Gasteiger partial charge in [-0.25, -0.2) is 4.39 Å². The molecule has 0 bridgehead atoms. The van der Waals surface area contributed by atoms with Gasteiger partial charge in [-0.15, -0.1) is 0 Å². The van der Waals surface area contributed by atoms with Crippen molar-refractivity contribution in [3.8, 4) is 0 Å². The van der Waals surface area contributed by atoms with Crippen LogP contribution in [0.3, 0.4) is 0 Å². The number of halogens is 2. The zero-order valence-electron chi connectivity index (χ0n) is 10.9. The fourth-order valence-corrected chi connectivity index (χ4v) is 3.47. The van der Waals surface area contributed by atoms with Crippen molar-refractivity contribution >= 4 is 15.9 Å². The number of rotatable bonds is 3. The molecular formula is C14H20BrFN2. The predicted molar refractivity (Wildman–Crippen MR) is 75.8 cm³/mol. The lowest BCUT2D eigenvalue weighted by Crippen LogP contribution is -2.33. The standard InChI is InChI=1S/C14H20BrFN2/c1-9(2)18-6-5-10(8-17)14(18)12-4-3-11(16)7-13(12)15/h3-4,7,9-10,14H,5-6,8,17H2,1-2H3. The molecule has 1 heterocycles. The van der Waals surface area contributed by atoms with Gasteiger partial charge in [0.25, 0.3) is 0 Å². The summed E-state index contributed by atoms with van der Waals surface area (Å²) in [6.07, 6.45) is 1.11. The molecule has 0 aromatic heterocycles. The van der Waals surface area contributed by atoms with E-state index < -0.39 is 0 Å². The maximum atomic E-state index is 13.2. The summed E-state index contributed by atoms with van der Waals surface area (Å²) >= 11 is 3.48. The van der Waals surface area contributed by atoms with Gasteiger partial charge in [0.15, 0.2) is 0 Å². The fraction of sp³-hybridized carbons (Fsp3) is 0.571. The van der Waals surface area contributed by atoms with Gasteiger partial charge in [-0.2, -0.15) is 0 Å². The highest BCUT2D eigenvalue weighted by atomic mass is 79.9. The van der Waals surface area contributed by atoms with E-state index in [1.807, 2.05) is 6.07 Å². The van der Waals surface area contributed by atoms with Crippen LogP contribution in [0.1, 0.15) is 31.9 Å². The van der Waals surface area contributed by atoms with E-state index in [1.54, 1.807) is 6.07 Å². The number of hydrogen-bond acceptors (Lipinski definition) is 2. The minimum atomic E-state index is -0.205. The summed E-state index contributed by atoms with van der Waals surface area (Å²) in [5.74, 6) is 0.248. The van der Waals surface area contributed by atoms with Crippen LogP contribution in [-0.4, -0.2) is 24.0 Å². The fourth-order valence-electron chi connectivity index (χ4n) is 2.88. The van der Waals surface area contributed by atoms with Crippen LogP contribution in [0, 0.1) is 11.7 Å². The van der Waals surface area contributed by atoms with Crippen molar-refractivity contribution in [1.82, 2.24) is 4.90 Å². The molecule has 2 unspecified atom stereocenters. The zero-order valence-corrected chi connectivity index (χ0v) is 12.5. The lowest BCUT2D eigenvalue weighted by molar-refractivity contribution is 0.184. The second kappa shape index (κ2) is 5.68. The number of likely N-dealkylation sites (tertiary alicyclic amines) is 1. The summed E-state index contributed by atoms with van der Waals surface area (Å²) in [7, 11) is 0. The minimum absolute atomic E-state index is 0.205. The average Bonchev–Trinajstić information content (AvgIpc) is 2.72. The third kappa shape index (κ3) is 2.60. The Kier molecular flexibility index (Phi) is 4.41. The summed E-state index contributed by atoms with van der Waals surface area (Å²) in [6, 6.07) is 5.73. The first-order chi connectivity index (χ1) is 8.54. The van der Waals surface area contributed by atoms with Gasteiger partial charge in [-0.05, 0) is 57.0 Å². The molecule has 1 fully saturated rings. The third-order valence-electron chi connectivity index (χ3n) is 3.81. The average molecular weight is 315 g/mol. The van der Waals surface area contributed by atoms with Crippen molar-refractivity contribution < 1.29 is 4.39 Å². The quantitative estimate of drug-likeness (QED) is 0.927. The minimum Gasteiger partial charge on any atom is -0.330 e. The molecule has 2 nitrogen and oxygen atoms in total. The van der Waals surface area contributed by atoms with Gasteiger partial charge in [0, 0.05) is 16.6 Å². The van der Waals surface area contributed by atoms with Crippen molar-refractivity contribution in [1.29, 1.82) is 0 Å². The Labute approximate surface area is 116 Å². The molecule has 0 aliphatic carbocycles. The van der Waals surface area contributed by atoms with E-state index in [2.05, 4.69) is 34.7 Å². The summed E-state index contributed by atoms with van der Waals surface area (Å²) in [6.45, 7) is 6.14. The third-order valence-corrected chi connectivity index (χ3v) is 4.50. The molecule has 0 radical (unpaired) electrons. The van der Waals surface area contributed by atoms with Gasteiger partial charge >= 0.3 is 0 Å². The molecule has 2 rings (SSSR count). The SMILES string of the molecule is CC(C)N1CCC(CN)C1c1ccc(F)cc1Br. The lowest BCUT2D eigenvalue weighted by Gasteiger charge is -2.32. The Balaban J connectivity index is 2.37. The Hall–Kier alpha value is -0.450. The van der Waals surface area contributed by atoms with Crippen molar-refractivity contribution in [2.24, 2.45) is 11.7 Å². The number of nitrogens with zero attached hydrogens (tertiary/aromatic N) is 1. The number of benzene rings is 1. The Morgan fingerprint density at radius 1 is 1.50 bits per heavy atom. The molecule has 2 N–H and O–H groups in total. The van der Waals surface area contributed by atoms with Gasteiger partial charge in [0.2, 0.25) is 0 Å². The number of nitrogens with two attached hydrogens (primary N) is 1. The van der Waals surface area contributed by atoms with Crippen LogP contribution in [0.15, 0.2) is 22.7 Å². The molecule has 0 spiro atoms. The van der Waals surface area contributed by atoms with Gasteiger partial charge in [-0.1, -0.05) is 22.0 Å². The van der Waals surface area contributed by atoms with Gasteiger partial charge in [-0.3, -0.25) is 4.90 Å². The van der Waals surface area contributed by atoms with E-state index in [0.717, 1.165) is 23.0 Å². The van der Waals surface area contributed by atoms with E-state index in [9.17, 15) is 4.39 Å². The smallest absolute Gasteiger partial charge is 0.124 e. The lowest BCUT2D eigenvalue weighted by atomic mass is 9.93. The molecule has 4 heteroatoms. The molecular weight excluding hydrogens is 295 g/mol. The monoisotopic (exact) mass is 314 g/mol. The van der Waals surface area contributed by atoms with Crippen molar-refractivity contribution in [3.63, 3.8) is 0 Å². The molecule has 1 saturated heterocycles. The molecule has 1 aliphatic rings. The van der Waals surface area contributed by atoms with E-state index >= 15 is 0 Å². The molecule has 2 atom stereocenters. The largest absolute Gasteiger partial charge is 0.330 e. The maximum absolute atomic E-state index is 13.2. The summed E-state index contributed by atoms with van der Waals surface area (Å²) in [5.41, 5.74) is 7.04. The molecule has 1 aliphatic heterocycles. The molecule has 0 amide bonds. The predicted octanol–water partition coefficient (Wildman–Crippen LogP) is 3.32. The highest BCUT2D eigenvalue weighted by molar-refractivity contribution is 9.10. The van der Waals surface area contributed by atoms with E-state index in [1.165, 1.54) is 6.07 Å². The van der Waals surface area contributed by atoms with Crippen LogP contribution in [0.25, 0.3) is 0 Å². The van der Waals surface area contributed by atoms with Gasteiger partial charge in [0.05, 0.1) is 0 Å². The van der Waals surface area contributed by atoms with Crippen LogP contribution in [0.2, 0.25) is 0 Å². The highest BCUT2D eigenvalue weighted by Gasteiger charge is 2.36. The highest BCUT2D eigenvalue weighted by Crippen LogP contribution is 2.40. The Morgan fingerprint density at radius 3 is 2.78 bits per heavy atom. The topological polar surface area (TPSA) is 29.3 Å². The van der Waals surface area contributed by atoms with Crippen molar-refractivity contribution in [2.45, 2.75) is 32.4 Å². The molecule has 1 aromatic rings. The van der Waals surface area contributed by atoms with E-state index in [-0.39, 0.29) is 5.82 Å². The van der Waals surface area contributed by atoms with Crippen molar-refractivity contribution in [3.05, 3.63) is 34.1 Å².